The van der Waals surface area contributed by atoms with Gasteiger partial charge < -0.3 is 14.8 Å². The predicted molar refractivity (Wildman–Crippen MR) is 136 cm³/mol. The van der Waals surface area contributed by atoms with Crippen LogP contribution in [0.15, 0.2) is 79.0 Å². The van der Waals surface area contributed by atoms with Crippen LogP contribution in [0.2, 0.25) is 5.02 Å². The molecule has 2 heterocycles. The minimum atomic E-state index is -0.210. The number of hydrogen-bond acceptors (Lipinski definition) is 2. The number of nitrogens with one attached hydrogen (secondary N) is 1. The van der Waals surface area contributed by atoms with Gasteiger partial charge in [-0.2, -0.15) is 0 Å². The van der Waals surface area contributed by atoms with E-state index >= 15 is 0 Å². The molecule has 1 aliphatic rings. The number of hydrogen-bond donors (Lipinski definition) is 1. The molecule has 1 N–H and O–H groups in total. The number of aromatic nitrogens is 1. The maximum absolute atomic E-state index is 13.6. The van der Waals surface area contributed by atoms with E-state index in [1.54, 1.807) is 30.3 Å². The number of aryl methyl sites for hydroxylation is 2. The van der Waals surface area contributed by atoms with Crippen molar-refractivity contribution in [2.24, 2.45) is 0 Å². The monoisotopic (exact) mass is 469 g/mol. The molecule has 0 bridgehead atoms. The number of para-hydroxylation sites is 1. The fourth-order valence-electron chi connectivity index (χ4n) is 4.43. The van der Waals surface area contributed by atoms with Crippen molar-refractivity contribution in [3.8, 4) is 0 Å². The van der Waals surface area contributed by atoms with Gasteiger partial charge in [-0.1, -0.05) is 29.8 Å². The lowest BCUT2D eigenvalue weighted by Crippen LogP contribution is -2.30. The molecule has 1 aliphatic heterocycles. The van der Waals surface area contributed by atoms with E-state index in [0.717, 1.165) is 34.6 Å². The fraction of sp³-hybridized carbons (Fsp3) is 0.143. The van der Waals surface area contributed by atoms with Gasteiger partial charge in [0.05, 0.1) is 6.54 Å². The predicted octanol–water partition coefficient (Wildman–Crippen LogP) is 6.22. The minimum absolute atomic E-state index is 0.0726. The maximum Gasteiger partial charge on any atom is 0.258 e. The third-order valence-electron chi connectivity index (χ3n) is 6.27. The van der Waals surface area contributed by atoms with Crippen LogP contribution in [0.4, 0.5) is 11.4 Å². The standard InChI is InChI=1S/C28H24ClN3O2/c1-18-15-22(29)10-11-24(18)27(33)30-25-12-9-20(14-19(25)2)28(34)32-17-23-7-5-13-31(23)16-21-6-3-4-8-26(21)32/h3-15H,16-17H2,1-2H3,(H,30,33). The zero-order chi connectivity index (χ0) is 23.8. The smallest absolute Gasteiger partial charge is 0.258 e. The fourth-order valence-corrected chi connectivity index (χ4v) is 4.66. The van der Waals surface area contributed by atoms with Crippen LogP contribution in [-0.4, -0.2) is 16.4 Å². The Balaban J connectivity index is 1.42. The maximum atomic E-state index is 13.6. The lowest BCUT2D eigenvalue weighted by atomic mass is 10.1. The Morgan fingerprint density at radius 2 is 1.71 bits per heavy atom. The number of halogens is 1. The van der Waals surface area contributed by atoms with E-state index in [0.29, 0.717) is 28.4 Å². The first kappa shape index (κ1) is 22.0. The second-order valence-electron chi connectivity index (χ2n) is 8.59. The van der Waals surface area contributed by atoms with Crippen LogP contribution >= 0.6 is 11.6 Å². The topological polar surface area (TPSA) is 54.3 Å². The Morgan fingerprint density at radius 3 is 2.50 bits per heavy atom. The summed E-state index contributed by atoms with van der Waals surface area (Å²) in [6.07, 6.45) is 2.05. The van der Waals surface area contributed by atoms with E-state index < -0.39 is 0 Å². The summed E-state index contributed by atoms with van der Waals surface area (Å²) < 4.78 is 2.18. The molecule has 6 heteroatoms. The summed E-state index contributed by atoms with van der Waals surface area (Å²) >= 11 is 6.01. The van der Waals surface area contributed by atoms with Crippen molar-refractivity contribution in [1.82, 2.24) is 4.57 Å². The molecule has 1 aromatic heterocycles. The highest BCUT2D eigenvalue weighted by Crippen LogP contribution is 2.30. The lowest BCUT2D eigenvalue weighted by molar-refractivity contribution is 0.0983. The van der Waals surface area contributed by atoms with Crippen molar-refractivity contribution in [3.63, 3.8) is 0 Å². The zero-order valence-corrected chi connectivity index (χ0v) is 19.8. The van der Waals surface area contributed by atoms with Crippen LogP contribution in [0.25, 0.3) is 0 Å². The average Bonchev–Trinajstić information content (AvgIpc) is 3.18. The van der Waals surface area contributed by atoms with Gasteiger partial charge in [-0.3, -0.25) is 9.59 Å². The number of anilines is 2. The number of rotatable bonds is 3. The van der Waals surface area contributed by atoms with Gasteiger partial charge in [0.2, 0.25) is 0 Å². The average molecular weight is 470 g/mol. The van der Waals surface area contributed by atoms with Crippen molar-refractivity contribution in [1.29, 1.82) is 0 Å². The van der Waals surface area contributed by atoms with Crippen LogP contribution in [0.1, 0.15) is 43.1 Å². The lowest BCUT2D eigenvalue weighted by Gasteiger charge is -2.23. The molecule has 0 radical (unpaired) electrons. The van der Waals surface area contributed by atoms with E-state index in [4.69, 9.17) is 11.6 Å². The Kier molecular flexibility index (Phi) is 5.72. The molecule has 0 aliphatic carbocycles. The van der Waals surface area contributed by atoms with Crippen molar-refractivity contribution < 1.29 is 9.59 Å². The van der Waals surface area contributed by atoms with E-state index in [9.17, 15) is 9.59 Å². The van der Waals surface area contributed by atoms with E-state index in [1.165, 1.54) is 0 Å². The molecule has 2 amide bonds. The van der Waals surface area contributed by atoms with Crippen LogP contribution < -0.4 is 10.2 Å². The van der Waals surface area contributed by atoms with Crippen LogP contribution in [0.3, 0.4) is 0 Å². The van der Waals surface area contributed by atoms with Gasteiger partial charge in [-0.05, 0) is 85.1 Å². The molecule has 170 valence electrons. The van der Waals surface area contributed by atoms with Gasteiger partial charge in [0.25, 0.3) is 11.8 Å². The van der Waals surface area contributed by atoms with E-state index in [-0.39, 0.29) is 11.8 Å². The Labute approximate surface area is 203 Å². The first-order chi connectivity index (χ1) is 16.4. The highest BCUT2D eigenvalue weighted by molar-refractivity contribution is 6.30. The van der Waals surface area contributed by atoms with Gasteiger partial charge in [-0.15, -0.1) is 0 Å². The molecule has 0 saturated heterocycles. The Hall–Kier alpha value is -3.83. The summed E-state index contributed by atoms with van der Waals surface area (Å²) in [6.45, 7) is 4.97. The van der Waals surface area contributed by atoms with Gasteiger partial charge in [0.1, 0.15) is 0 Å². The SMILES string of the molecule is Cc1cc(C(=O)N2Cc3cccn3Cc3ccccc32)ccc1NC(=O)c1ccc(Cl)cc1C. The first-order valence-electron chi connectivity index (χ1n) is 11.1. The van der Waals surface area contributed by atoms with Crippen molar-refractivity contribution in [2.45, 2.75) is 26.9 Å². The van der Waals surface area contributed by atoms with Crippen molar-refractivity contribution in [2.75, 3.05) is 10.2 Å². The summed E-state index contributed by atoms with van der Waals surface area (Å²) in [5, 5.41) is 3.55. The van der Waals surface area contributed by atoms with Crippen LogP contribution in [0.5, 0.6) is 0 Å². The third-order valence-corrected chi connectivity index (χ3v) is 6.50. The molecule has 0 unspecified atom stereocenters. The molecule has 34 heavy (non-hydrogen) atoms. The van der Waals surface area contributed by atoms with Gasteiger partial charge in [0, 0.05) is 46.0 Å². The number of carbonyl (C=O) groups is 2. The highest BCUT2D eigenvalue weighted by Gasteiger charge is 2.25. The molecular formula is C28H24ClN3O2. The van der Waals surface area contributed by atoms with Crippen LogP contribution in [0, 0.1) is 13.8 Å². The second kappa shape index (κ2) is 8.84. The Bertz CT molecular complexity index is 1420. The third kappa shape index (κ3) is 4.11. The highest BCUT2D eigenvalue weighted by atomic mass is 35.5. The van der Waals surface area contributed by atoms with Crippen molar-refractivity contribution in [3.05, 3.63) is 118 Å². The summed E-state index contributed by atoms with van der Waals surface area (Å²) in [5.74, 6) is -0.282. The van der Waals surface area contributed by atoms with E-state index in [1.807, 2.05) is 55.3 Å². The largest absolute Gasteiger partial charge is 0.345 e. The summed E-state index contributed by atoms with van der Waals surface area (Å²) in [4.78, 5) is 28.3. The van der Waals surface area contributed by atoms with Crippen LogP contribution in [-0.2, 0) is 13.1 Å². The van der Waals surface area contributed by atoms with Crippen molar-refractivity contribution >= 4 is 34.8 Å². The molecule has 4 aromatic rings. The molecule has 0 fully saturated rings. The molecule has 0 atom stereocenters. The Morgan fingerprint density at radius 1 is 0.882 bits per heavy atom. The zero-order valence-electron chi connectivity index (χ0n) is 19.0. The first-order valence-corrected chi connectivity index (χ1v) is 11.5. The van der Waals surface area contributed by atoms with Gasteiger partial charge >= 0.3 is 0 Å². The second-order valence-corrected chi connectivity index (χ2v) is 9.03. The number of fused-ring (bicyclic) bond motifs is 2. The summed E-state index contributed by atoms with van der Waals surface area (Å²) in [7, 11) is 0. The molecule has 5 nitrogen and oxygen atoms in total. The molecule has 0 spiro atoms. The number of amides is 2. The number of carbonyl (C=O) groups excluding carboxylic acids is 2. The van der Waals surface area contributed by atoms with E-state index in [2.05, 4.69) is 22.0 Å². The molecule has 5 rings (SSSR count). The number of nitrogens with zero attached hydrogens (tertiary/aromatic N) is 2. The quantitative estimate of drug-likeness (QED) is 0.387. The molecular weight excluding hydrogens is 446 g/mol. The minimum Gasteiger partial charge on any atom is -0.345 e. The molecule has 0 saturated carbocycles. The normalized spacial score (nSPS) is 12.5. The summed E-state index contributed by atoms with van der Waals surface area (Å²) in [5.41, 5.74) is 6.54. The van der Waals surface area contributed by atoms with Gasteiger partial charge in [0.15, 0.2) is 0 Å². The molecule has 3 aromatic carbocycles. The van der Waals surface area contributed by atoms with Gasteiger partial charge in [-0.25, -0.2) is 0 Å². The number of benzene rings is 3. The summed E-state index contributed by atoms with van der Waals surface area (Å²) in [6, 6.07) is 22.7.